The summed E-state index contributed by atoms with van der Waals surface area (Å²) < 4.78 is 26.5. The van der Waals surface area contributed by atoms with E-state index in [1.54, 1.807) is 6.07 Å². The van der Waals surface area contributed by atoms with E-state index in [9.17, 15) is 13.6 Å². The van der Waals surface area contributed by atoms with E-state index in [4.69, 9.17) is 5.26 Å². The van der Waals surface area contributed by atoms with Crippen molar-refractivity contribution in [1.29, 1.82) is 5.26 Å². The number of nitrogens with zero attached hydrogens (tertiary/aromatic N) is 1. The minimum Gasteiger partial charge on any atom is -0.298 e. The lowest BCUT2D eigenvalue weighted by molar-refractivity contribution is -0.119. The molecule has 2 rings (SSSR count). The largest absolute Gasteiger partial charge is 0.298 e. The van der Waals surface area contributed by atoms with Crippen LogP contribution in [0.15, 0.2) is 48.5 Å². The fourth-order valence-electron chi connectivity index (χ4n) is 2.11. The molecule has 0 aromatic heterocycles. The van der Waals surface area contributed by atoms with E-state index in [0.29, 0.717) is 12.5 Å². The van der Waals surface area contributed by atoms with Crippen molar-refractivity contribution in [2.45, 2.75) is 18.8 Å². The summed E-state index contributed by atoms with van der Waals surface area (Å²) in [5.74, 6) is -3.17. The van der Waals surface area contributed by atoms with Crippen LogP contribution in [0.1, 0.15) is 23.5 Å². The Morgan fingerprint density at radius 1 is 1.14 bits per heavy atom. The number of benzene rings is 2. The molecule has 0 fully saturated rings. The molecule has 21 heavy (non-hydrogen) atoms. The van der Waals surface area contributed by atoms with E-state index < -0.39 is 17.6 Å². The first kappa shape index (κ1) is 14.9. The zero-order valence-electron chi connectivity index (χ0n) is 11.2. The van der Waals surface area contributed by atoms with Gasteiger partial charge in [-0.05, 0) is 18.1 Å². The highest BCUT2D eigenvalue weighted by Gasteiger charge is 2.23. The summed E-state index contributed by atoms with van der Waals surface area (Å²) in [5, 5.41) is 9.11. The Morgan fingerprint density at radius 3 is 2.48 bits per heavy atom. The Hall–Kier alpha value is -2.54. The number of hydrogen-bond donors (Lipinski definition) is 0. The molecule has 1 atom stereocenters. The number of aryl methyl sites for hydroxylation is 1. The van der Waals surface area contributed by atoms with Gasteiger partial charge in [0.1, 0.15) is 17.6 Å². The van der Waals surface area contributed by atoms with Crippen LogP contribution in [0.2, 0.25) is 0 Å². The van der Waals surface area contributed by atoms with Gasteiger partial charge in [-0.1, -0.05) is 36.4 Å². The van der Waals surface area contributed by atoms with Crippen molar-refractivity contribution in [3.63, 3.8) is 0 Å². The van der Waals surface area contributed by atoms with Gasteiger partial charge in [-0.2, -0.15) is 5.26 Å². The Morgan fingerprint density at radius 2 is 1.86 bits per heavy atom. The van der Waals surface area contributed by atoms with Crippen molar-refractivity contribution in [3.05, 3.63) is 71.3 Å². The molecule has 0 spiro atoms. The van der Waals surface area contributed by atoms with Crippen LogP contribution in [0.5, 0.6) is 0 Å². The number of rotatable bonds is 5. The van der Waals surface area contributed by atoms with Crippen LogP contribution in [0.4, 0.5) is 8.78 Å². The average Bonchev–Trinajstić information content (AvgIpc) is 2.49. The monoisotopic (exact) mass is 285 g/mol. The van der Waals surface area contributed by atoms with E-state index in [2.05, 4.69) is 0 Å². The van der Waals surface area contributed by atoms with Crippen LogP contribution < -0.4 is 0 Å². The van der Waals surface area contributed by atoms with E-state index in [1.165, 1.54) is 0 Å². The molecule has 0 heterocycles. The van der Waals surface area contributed by atoms with Gasteiger partial charge in [0, 0.05) is 18.1 Å². The molecule has 1 unspecified atom stereocenters. The summed E-state index contributed by atoms with van der Waals surface area (Å²) in [6.45, 7) is 0. The lowest BCUT2D eigenvalue weighted by Crippen LogP contribution is -2.13. The number of Topliss-reactive ketones (excluding diaryl/α,β-unsaturated/α-hetero) is 1. The van der Waals surface area contributed by atoms with Crippen LogP contribution in [0.3, 0.4) is 0 Å². The topological polar surface area (TPSA) is 40.9 Å². The highest BCUT2D eigenvalue weighted by Crippen LogP contribution is 2.22. The molecule has 106 valence electrons. The molecule has 0 saturated heterocycles. The highest BCUT2D eigenvalue weighted by molar-refractivity contribution is 5.88. The van der Waals surface area contributed by atoms with Crippen LogP contribution in [0, 0.1) is 23.0 Å². The normalized spacial score (nSPS) is 11.7. The number of halogens is 2. The molecule has 4 heteroatoms. The molecule has 2 aromatic rings. The Labute approximate surface area is 121 Å². The lowest BCUT2D eigenvalue weighted by Gasteiger charge is -2.10. The van der Waals surface area contributed by atoms with Crippen molar-refractivity contribution >= 4 is 5.78 Å². The van der Waals surface area contributed by atoms with E-state index in [1.807, 2.05) is 30.3 Å². The molecule has 0 bridgehead atoms. The number of hydrogen-bond acceptors (Lipinski definition) is 2. The molecule has 0 radical (unpaired) electrons. The van der Waals surface area contributed by atoms with Crippen molar-refractivity contribution in [2.75, 3.05) is 0 Å². The van der Waals surface area contributed by atoms with Crippen LogP contribution in [0.25, 0.3) is 0 Å². The van der Waals surface area contributed by atoms with Gasteiger partial charge in [0.05, 0.1) is 6.07 Å². The summed E-state index contributed by atoms with van der Waals surface area (Å²) in [7, 11) is 0. The number of carbonyl (C=O) groups is 1. The molecular weight excluding hydrogens is 272 g/mol. The van der Waals surface area contributed by atoms with Gasteiger partial charge in [0.15, 0.2) is 5.78 Å². The lowest BCUT2D eigenvalue weighted by atomic mass is 9.92. The zero-order chi connectivity index (χ0) is 15.2. The summed E-state index contributed by atoms with van der Waals surface area (Å²) in [6, 6.07) is 14.0. The average molecular weight is 285 g/mol. The summed E-state index contributed by atoms with van der Waals surface area (Å²) in [5.41, 5.74) is 0.902. The Bertz CT molecular complexity index is 677. The molecule has 2 nitrogen and oxygen atoms in total. The smallest absolute Gasteiger partial charge is 0.154 e. The van der Waals surface area contributed by atoms with Gasteiger partial charge in [-0.3, -0.25) is 4.79 Å². The van der Waals surface area contributed by atoms with Crippen molar-refractivity contribution < 1.29 is 13.6 Å². The van der Waals surface area contributed by atoms with Gasteiger partial charge in [-0.25, -0.2) is 8.78 Å². The minimum absolute atomic E-state index is 0.0723. The first-order chi connectivity index (χ1) is 10.1. The van der Waals surface area contributed by atoms with Crippen LogP contribution >= 0.6 is 0 Å². The Balaban J connectivity index is 2.10. The van der Waals surface area contributed by atoms with E-state index >= 15 is 0 Å². The number of ketones is 1. The molecule has 0 amide bonds. The van der Waals surface area contributed by atoms with Crippen molar-refractivity contribution in [3.8, 4) is 6.07 Å². The molecule has 0 saturated carbocycles. The third-order valence-electron chi connectivity index (χ3n) is 3.23. The second-order valence-electron chi connectivity index (χ2n) is 4.68. The quantitative estimate of drug-likeness (QED) is 0.839. The van der Waals surface area contributed by atoms with E-state index in [0.717, 1.165) is 17.7 Å². The number of nitriles is 1. The molecule has 0 aliphatic rings. The fourth-order valence-corrected chi connectivity index (χ4v) is 2.11. The maximum atomic E-state index is 13.7. The van der Waals surface area contributed by atoms with Crippen LogP contribution in [-0.2, 0) is 11.2 Å². The zero-order valence-corrected chi connectivity index (χ0v) is 11.2. The summed E-state index contributed by atoms with van der Waals surface area (Å²) in [6.07, 6.45) is 0.625. The summed E-state index contributed by atoms with van der Waals surface area (Å²) in [4.78, 5) is 12.1. The molecule has 0 N–H and O–H groups in total. The maximum absolute atomic E-state index is 13.7. The molecule has 0 aliphatic carbocycles. The second kappa shape index (κ2) is 6.76. The summed E-state index contributed by atoms with van der Waals surface area (Å²) >= 11 is 0. The van der Waals surface area contributed by atoms with Crippen LogP contribution in [-0.4, -0.2) is 5.78 Å². The third-order valence-corrected chi connectivity index (χ3v) is 3.23. The van der Waals surface area contributed by atoms with Gasteiger partial charge in [-0.15, -0.1) is 0 Å². The highest BCUT2D eigenvalue weighted by atomic mass is 19.1. The van der Waals surface area contributed by atoms with Gasteiger partial charge in [0.2, 0.25) is 0 Å². The number of carbonyl (C=O) groups excluding carboxylic acids is 1. The third kappa shape index (κ3) is 3.73. The van der Waals surface area contributed by atoms with Gasteiger partial charge in [0.25, 0.3) is 0 Å². The van der Waals surface area contributed by atoms with Gasteiger partial charge >= 0.3 is 0 Å². The maximum Gasteiger partial charge on any atom is 0.154 e. The molecule has 2 aromatic carbocycles. The predicted octanol–water partition coefficient (Wildman–Crippen LogP) is 3.77. The molecule has 0 aliphatic heterocycles. The van der Waals surface area contributed by atoms with E-state index in [-0.39, 0.29) is 17.8 Å². The van der Waals surface area contributed by atoms with Gasteiger partial charge < -0.3 is 0 Å². The molecular formula is C17H13F2NO. The first-order valence-electron chi connectivity index (χ1n) is 6.53. The van der Waals surface area contributed by atoms with Crippen molar-refractivity contribution in [2.24, 2.45) is 0 Å². The standard InChI is InChI=1S/C17H13F2NO/c18-13-7-8-14(16(19)10-13)15(11-20)17(21)9-6-12-4-2-1-3-5-12/h1-5,7-8,10,15H,6,9H2. The first-order valence-corrected chi connectivity index (χ1v) is 6.53. The Kier molecular flexibility index (Phi) is 4.78. The SMILES string of the molecule is N#CC(C(=O)CCc1ccccc1)c1ccc(F)cc1F. The minimum atomic E-state index is -1.20. The fraction of sp³-hybridized carbons (Fsp3) is 0.176. The van der Waals surface area contributed by atoms with Crippen molar-refractivity contribution in [1.82, 2.24) is 0 Å². The predicted molar refractivity (Wildman–Crippen MR) is 74.5 cm³/mol. The second-order valence-corrected chi connectivity index (χ2v) is 4.68.